The van der Waals surface area contributed by atoms with Gasteiger partial charge in [0.1, 0.15) is 6.23 Å². The van der Waals surface area contributed by atoms with Gasteiger partial charge in [-0.2, -0.15) is 8.78 Å². The number of aryl methyl sites for hydroxylation is 1. The zero-order valence-corrected chi connectivity index (χ0v) is 12.3. The van der Waals surface area contributed by atoms with Crippen molar-refractivity contribution < 1.29 is 19.6 Å². The summed E-state index contributed by atoms with van der Waals surface area (Å²) in [5, 5.41) is 0. The molecule has 0 radical (unpaired) electrons. The molecule has 6 nitrogen and oxygen atoms in total. The van der Waals surface area contributed by atoms with Crippen LogP contribution in [0.15, 0.2) is 15.8 Å². The molecule has 1 aliphatic rings. The highest BCUT2D eigenvalue weighted by Gasteiger charge is 2.41. The van der Waals surface area contributed by atoms with Crippen LogP contribution in [0, 0.1) is 6.92 Å². The molecule has 0 aliphatic carbocycles. The molecule has 118 valence electrons. The lowest BCUT2D eigenvalue weighted by molar-refractivity contribution is -0.201. The van der Waals surface area contributed by atoms with E-state index in [0.717, 1.165) is 4.57 Å². The van der Waals surface area contributed by atoms with Crippen molar-refractivity contribution in [3.8, 4) is 0 Å². The van der Waals surface area contributed by atoms with Crippen molar-refractivity contribution in [2.24, 2.45) is 0 Å². The zero-order chi connectivity index (χ0) is 16.5. The molecule has 2 heterocycles. The minimum atomic E-state index is -3.39. The lowest BCUT2D eigenvalue weighted by Gasteiger charge is -2.20. The van der Waals surface area contributed by atoms with E-state index >= 15 is 0 Å². The van der Waals surface area contributed by atoms with Gasteiger partial charge in [-0.15, -0.1) is 0 Å². The highest BCUT2D eigenvalue weighted by Crippen LogP contribution is 2.36. The van der Waals surface area contributed by atoms with Crippen molar-refractivity contribution in [2.45, 2.75) is 44.1 Å². The number of halogens is 2. The van der Waals surface area contributed by atoms with Crippen LogP contribution in [0.4, 0.5) is 8.78 Å². The third-order valence-electron chi connectivity index (χ3n) is 3.16. The number of nitrogens with one attached hydrogen (secondary N) is 1. The molecule has 1 unspecified atom stereocenters. The first-order valence-electron chi connectivity index (χ1n) is 6.85. The number of nitrogens with zero attached hydrogens (tertiary/aromatic N) is 1. The smallest absolute Gasteiger partial charge is 0.352 e. The number of rotatable bonds is 4. The first-order valence-corrected chi connectivity index (χ1v) is 7.37. The van der Waals surface area contributed by atoms with Crippen LogP contribution in [0.2, 0.25) is 0 Å². The molecule has 1 aliphatic heterocycles. The van der Waals surface area contributed by atoms with Crippen LogP contribution < -0.4 is 11.2 Å². The Bertz CT molecular complexity index is 651. The van der Waals surface area contributed by atoms with Crippen molar-refractivity contribution in [1.29, 1.82) is 0 Å². The Morgan fingerprint density at radius 2 is 2.33 bits per heavy atom. The minimum Gasteiger partial charge on any atom is -0.352 e. The molecule has 0 spiro atoms. The first kappa shape index (κ1) is 14.7. The average molecular weight is 323 g/mol. The molecule has 0 saturated carbocycles. The van der Waals surface area contributed by atoms with E-state index in [1.165, 1.54) is 19.4 Å². The van der Waals surface area contributed by atoms with E-state index in [1.54, 1.807) is 0 Å². The summed E-state index contributed by atoms with van der Waals surface area (Å²) in [6.07, 6.45) is -0.237. The molecule has 0 bridgehead atoms. The van der Waals surface area contributed by atoms with E-state index in [0.29, 0.717) is 5.56 Å². The third kappa shape index (κ3) is 3.53. The largest absolute Gasteiger partial charge is 0.408 e. The second kappa shape index (κ2) is 5.90. The van der Waals surface area contributed by atoms with Gasteiger partial charge in [0.2, 0.25) is 0 Å². The van der Waals surface area contributed by atoms with Crippen LogP contribution >= 0.6 is 11.8 Å². The van der Waals surface area contributed by atoms with Crippen LogP contribution in [-0.4, -0.2) is 33.5 Å². The van der Waals surface area contributed by atoms with E-state index in [2.05, 4.69) is 4.98 Å². The molecule has 1 N–H and O–H groups in total. The number of alkyl halides is 2. The first-order chi connectivity index (χ1) is 10.3. The molecule has 1 fully saturated rings. The fourth-order valence-corrected chi connectivity index (χ4v) is 2.24. The van der Waals surface area contributed by atoms with E-state index in [1.807, 2.05) is 0 Å². The van der Waals surface area contributed by atoms with Gasteiger partial charge in [-0.3, -0.25) is 14.3 Å². The summed E-state index contributed by atoms with van der Waals surface area (Å²) in [6, 6.07) is 0. The molecule has 3 atom stereocenters. The van der Waals surface area contributed by atoms with Gasteiger partial charge in [-0.25, -0.2) is 4.79 Å². The molecular formula is C12H16F2N2O4S. The molecular weight excluding hydrogens is 306 g/mol. The van der Waals surface area contributed by atoms with Gasteiger partial charge in [0.25, 0.3) is 5.56 Å². The minimum absolute atomic E-state index is 0.00884. The molecule has 21 heavy (non-hydrogen) atoms. The van der Waals surface area contributed by atoms with Crippen LogP contribution in [0.5, 0.6) is 0 Å². The number of thioether (sulfide) groups is 1. The summed E-state index contributed by atoms with van der Waals surface area (Å²) in [5.74, 6) is 0. The average Bonchev–Trinajstić information content (AvgIpc) is 2.84. The summed E-state index contributed by atoms with van der Waals surface area (Å²) < 4.78 is 45.4. The van der Waals surface area contributed by atoms with Gasteiger partial charge in [0.15, 0.2) is 0 Å². The Morgan fingerprint density at radius 3 is 2.95 bits per heavy atom. The molecule has 1 aromatic heterocycles. The summed E-state index contributed by atoms with van der Waals surface area (Å²) in [5.41, 5.74) is -4.30. The fourth-order valence-electron chi connectivity index (χ4n) is 2.02. The van der Waals surface area contributed by atoms with Crippen molar-refractivity contribution in [2.75, 3.05) is 6.26 Å². The predicted octanol–water partition coefficient (Wildman–Crippen LogP) is 1.45. The number of H-pyrrole nitrogens is 1. The highest BCUT2D eigenvalue weighted by atomic mass is 32.2. The highest BCUT2D eigenvalue weighted by molar-refractivity contribution is 7.99. The summed E-state index contributed by atoms with van der Waals surface area (Å²) in [6.45, 7) is 1.24. The van der Waals surface area contributed by atoms with Gasteiger partial charge < -0.3 is 9.47 Å². The Morgan fingerprint density at radius 1 is 1.62 bits per heavy atom. The number of aromatic nitrogens is 2. The molecule has 2 rings (SSSR count). The number of hydrogen-bond acceptors (Lipinski definition) is 5. The summed E-state index contributed by atoms with van der Waals surface area (Å²) in [7, 11) is 0. The molecule has 0 aromatic carbocycles. The molecule has 1 aromatic rings. The fraction of sp³-hybridized carbons (Fsp3) is 0.667. The van der Waals surface area contributed by atoms with Crippen molar-refractivity contribution in [3.63, 3.8) is 0 Å². The maximum Gasteiger partial charge on any atom is 0.408 e. The second-order valence-electron chi connectivity index (χ2n) is 4.67. The van der Waals surface area contributed by atoms with Gasteiger partial charge in [-0.05, 0) is 20.1 Å². The lowest BCUT2D eigenvalue weighted by Crippen LogP contribution is -2.33. The standard InChI is InChI=1S/C12H16F2N2O4S/c1-6-5-16(11(18)15-10(6)17)9-4-8(7(2)19-9)20-12(13,14)21-3/h5,7-9H,4H2,1-3H3,(H,15,17,18)/t7-,8?,9-/m1/s1/i2D. The normalized spacial score (nSPS) is 26.9. The molecule has 0 amide bonds. The number of aromatic amines is 1. The topological polar surface area (TPSA) is 73.3 Å². The van der Waals surface area contributed by atoms with Crippen molar-refractivity contribution in [3.05, 3.63) is 32.6 Å². The Hall–Kier alpha value is -1.19. The summed E-state index contributed by atoms with van der Waals surface area (Å²) >= 11 is 0.243. The van der Waals surface area contributed by atoms with Crippen LogP contribution in [0.25, 0.3) is 0 Å². The Kier molecular flexibility index (Phi) is 4.14. The van der Waals surface area contributed by atoms with Crippen LogP contribution in [-0.2, 0) is 9.47 Å². The van der Waals surface area contributed by atoms with Crippen molar-refractivity contribution >= 4 is 11.8 Å². The number of hydrogen-bond donors (Lipinski definition) is 1. The Balaban J connectivity index is 2.24. The third-order valence-corrected chi connectivity index (χ3v) is 3.73. The van der Waals surface area contributed by atoms with Gasteiger partial charge in [-0.1, -0.05) is 11.8 Å². The van der Waals surface area contributed by atoms with Gasteiger partial charge in [0.05, 0.1) is 12.2 Å². The van der Waals surface area contributed by atoms with E-state index < -0.39 is 35.1 Å². The van der Waals surface area contributed by atoms with E-state index in [4.69, 9.17) is 10.8 Å². The molecule has 1 saturated heterocycles. The van der Waals surface area contributed by atoms with E-state index in [-0.39, 0.29) is 25.1 Å². The second-order valence-corrected chi connectivity index (χ2v) is 5.55. The SMILES string of the molecule is [2H]C[C@H]1O[C@@H](n2cc(C)c(=O)[nH]c2=O)CC1OC(F)(F)SC. The van der Waals surface area contributed by atoms with Crippen LogP contribution in [0.1, 0.15) is 26.5 Å². The quantitative estimate of drug-likeness (QED) is 0.849. The lowest BCUT2D eigenvalue weighted by atomic mass is 10.2. The zero-order valence-electron chi connectivity index (χ0n) is 12.5. The molecule has 9 heteroatoms. The van der Waals surface area contributed by atoms with Crippen molar-refractivity contribution in [1.82, 2.24) is 9.55 Å². The maximum atomic E-state index is 13.3. The van der Waals surface area contributed by atoms with Gasteiger partial charge >= 0.3 is 11.1 Å². The van der Waals surface area contributed by atoms with Gasteiger partial charge in [0, 0.05) is 19.6 Å². The van der Waals surface area contributed by atoms with Crippen LogP contribution in [0.3, 0.4) is 0 Å². The summed E-state index contributed by atoms with van der Waals surface area (Å²) in [4.78, 5) is 25.3. The monoisotopic (exact) mass is 323 g/mol. The predicted molar refractivity (Wildman–Crippen MR) is 73.6 cm³/mol. The number of ether oxygens (including phenoxy) is 2. The van der Waals surface area contributed by atoms with E-state index in [9.17, 15) is 18.4 Å². The Labute approximate surface area is 124 Å². The maximum absolute atomic E-state index is 13.3.